The largest absolute Gasteiger partial charge is 0.313 e. The van der Waals surface area contributed by atoms with Gasteiger partial charge >= 0.3 is 0 Å². The summed E-state index contributed by atoms with van der Waals surface area (Å²) in [7, 11) is 0. The normalized spacial score (nSPS) is 37.7. The van der Waals surface area contributed by atoms with Crippen LogP contribution in [0.3, 0.4) is 0 Å². The van der Waals surface area contributed by atoms with Gasteiger partial charge in [-0.05, 0) is 56.5 Å². The molecule has 0 bridgehead atoms. The molecule has 0 aromatic rings. The molecule has 1 N–H and O–H groups in total. The van der Waals surface area contributed by atoms with Crippen molar-refractivity contribution in [2.45, 2.75) is 71.9 Å². The highest BCUT2D eigenvalue weighted by Crippen LogP contribution is 2.38. The summed E-state index contributed by atoms with van der Waals surface area (Å²) in [4.78, 5) is 2.79. The van der Waals surface area contributed by atoms with Crippen LogP contribution in [0.1, 0.15) is 59.8 Å². The first-order valence-corrected chi connectivity index (χ1v) is 7.99. The number of piperidine rings is 1. The topological polar surface area (TPSA) is 15.3 Å². The summed E-state index contributed by atoms with van der Waals surface area (Å²) in [5, 5.41) is 3.74. The summed E-state index contributed by atoms with van der Waals surface area (Å²) in [6.45, 7) is 13.3. The first kappa shape index (κ1) is 14.3. The SMILES string of the molecule is CCNC1CCC(C)(C)CC1N1CCCC(C)C1. The molecular formula is C16H32N2. The van der Waals surface area contributed by atoms with E-state index in [1.54, 1.807) is 0 Å². The Morgan fingerprint density at radius 2 is 2.06 bits per heavy atom. The number of rotatable bonds is 3. The minimum atomic E-state index is 0.539. The molecule has 0 radical (unpaired) electrons. The molecule has 2 nitrogen and oxygen atoms in total. The van der Waals surface area contributed by atoms with Crippen LogP contribution in [0.2, 0.25) is 0 Å². The molecule has 3 unspecified atom stereocenters. The summed E-state index contributed by atoms with van der Waals surface area (Å²) in [5.74, 6) is 0.895. The lowest BCUT2D eigenvalue weighted by atomic mass is 9.72. The van der Waals surface area contributed by atoms with Crippen molar-refractivity contribution >= 4 is 0 Å². The molecule has 1 saturated heterocycles. The fraction of sp³-hybridized carbons (Fsp3) is 1.00. The second-order valence-electron chi connectivity index (χ2n) is 7.38. The number of nitrogens with zero attached hydrogens (tertiary/aromatic N) is 1. The van der Waals surface area contributed by atoms with Gasteiger partial charge in [0, 0.05) is 18.6 Å². The van der Waals surface area contributed by atoms with Crippen LogP contribution in [-0.2, 0) is 0 Å². The molecule has 1 saturated carbocycles. The zero-order valence-electron chi connectivity index (χ0n) is 12.8. The van der Waals surface area contributed by atoms with Gasteiger partial charge in [-0.1, -0.05) is 27.7 Å². The first-order chi connectivity index (χ1) is 8.52. The molecule has 106 valence electrons. The zero-order valence-corrected chi connectivity index (χ0v) is 12.8. The Morgan fingerprint density at radius 1 is 1.28 bits per heavy atom. The van der Waals surface area contributed by atoms with Gasteiger partial charge in [0.25, 0.3) is 0 Å². The predicted molar refractivity (Wildman–Crippen MR) is 78.9 cm³/mol. The van der Waals surface area contributed by atoms with Crippen LogP contribution < -0.4 is 5.32 Å². The zero-order chi connectivity index (χ0) is 13.2. The standard InChI is InChI=1S/C16H32N2/c1-5-17-14-8-9-16(3,4)11-15(14)18-10-6-7-13(2)12-18/h13-15,17H,5-12H2,1-4H3. The maximum atomic E-state index is 3.74. The molecule has 1 heterocycles. The summed E-state index contributed by atoms with van der Waals surface area (Å²) >= 11 is 0. The molecule has 2 aliphatic rings. The molecule has 1 aliphatic heterocycles. The maximum absolute atomic E-state index is 3.74. The lowest BCUT2D eigenvalue weighted by molar-refractivity contribution is 0.0394. The Balaban J connectivity index is 2.03. The highest BCUT2D eigenvalue weighted by atomic mass is 15.2. The summed E-state index contributed by atoms with van der Waals surface area (Å²) in [6.07, 6.45) is 6.94. The van der Waals surface area contributed by atoms with Gasteiger partial charge in [0.05, 0.1) is 0 Å². The van der Waals surface area contributed by atoms with Gasteiger partial charge < -0.3 is 5.32 Å². The number of hydrogen-bond donors (Lipinski definition) is 1. The van der Waals surface area contributed by atoms with E-state index in [1.165, 1.54) is 45.2 Å². The molecular weight excluding hydrogens is 220 g/mol. The van der Waals surface area contributed by atoms with Gasteiger partial charge in [-0.25, -0.2) is 0 Å². The molecule has 1 aliphatic carbocycles. The second kappa shape index (κ2) is 5.92. The molecule has 0 amide bonds. The van der Waals surface area contributed by atoms with Crippen molar-refractivity contribution in [1.82, 2.24) is 10.2 Å². The average molecular weight is 252 g/mol. The van der Waals surface area contributed by atoms with Gasteiger partial charge in [-0.3, -0.25) is 4.90 Å². The van der Waals surface area contributed by atoms with Crippen molar-refractivity contribution in [2.75, 3.05) is 19.6 Å². The molecule has 2 rings (SSSR count). The Kier molecular flexibility index (Phi) is 4.71. The Hall–Kier alpha value is -0.0800. The molecule has 18 heavy (non-hydrogen) atoms. The summed E-state index contributed by atoms with van der Waals surface area (Å²) < 4.78 is 0. The van der Waals surface area contributed by atoms with Gasteiger partial charge in [0.15, 0.2) is 0 Å². The van der Waals surface area contributed by atoms with Crippen LogP contribution >= 0.6 is 0 Å². The third-order valence-electron chi connectivity index (χ3n) is 4.98. The van der Waals surface area contributed by atoms with Crippen molar-refractivity contribution in [3.63, 3.8) is 0 Å². The average Bonchev–Trinajstić information content (AvgIpc) is 2.31. The smallest absolute Gasteiger partial charge is 0.0254 e. The van der Waals surface area contributed by atoms with Crippen molar-refractivity contribution in [3.8, 4) is 0 Å². The molecule has 2 heteroatoms. The minimum Gasteiger partial charge on any atom is -0.313 e. The first-order valence-electron chi connectivity index (χ1n) is 7.99. The van der Waals surface area contributed by atoms with E-state index >= 15 is 0 Å². The minimum absolute atomic E-state index is 0.539. The Labute approximate surface area is 114 Å². The van der Waals surface area contributed by atoms with E-state index in [-0.39, 0.29) is 0 Å². The molecule has 0 aromatic heterocycles. The van der Waals surface area contributed by atoms with E-state index in [1.807, 2.05) is 0 Å². The van der Waals surface area contributed by atoms with Crippen LogP contribution in [-0.4, -0.2) is 36.6 Å². The van der Waals surface area contributed by atoms with Crippen LogP contribution in [0.5, 0.6) is 0 Å². The maximum Gasteiger partial charge on any atom is 0.0254 e. The number of likely N-dealkylation sites (N-methyl/N-ethyl adjacent to an activating group) is 1. The van der Waals surface area contributed by atoms with Crippen LogP contribution in [0, 0.1) is 11.3 Å². The quantitative estimate of drug-likeness (QED) is 0.829. The lowest BCUT2D eigenvalue weighted by Crippen LogP contribution is -2.56. The van der Waals surface area contributed by atoms with Crippen molar-refractivity contribution in [2.24, 2.45) is 11.3 Å². The van der Waals surface area contributed by atoms with E-state index in [0.717, 1.165) is 24.5 Å². The van der Waals surface area contributed by atoms with E-state index in [0.29, 0.717) is 5.41 Å². The Bertz CT molecular complexity index is 262. The fourth-order valence-corrected chi connectivity index (χ4v) is 3.96. The van der Waals surface area contributed by atoms with Gasteiger partial charge in [0.2, 0.25) is 0 Å². The van der Waals surface area contributed by atoms with Crippen LogP contribution in [0.25, 0.3) is 0 Å². The van der Waals surface area contributed by atoms with E-state index < -0.39 is 0 Å². The third-order valence-corrected chi connectivity index (χ3v) is 4.98. The van der Waals surface area contributed by atoms with Crippen LogP contribution in [0.4, 0.5) is 0 Å². The fourth-order valence-electron chi connectivity index (χ4n) is 3.96. The van der Waals surface area contributed by atoms with Gasteiger partial charge in [0.1, 0.15) is 0 Å². The Morgan fingerprint density at radius 3 is 2.72 bits per heavy atom. The van der Waals surface area contributed by atoms with E-state index in [4.69, 9.17) is 0 Å². The number of likely N-dealkylation sites (tertiary alicyclic amines) is 1. The van der Waals surface area contributed by atoms with Crippen molar-refractivity contribution < 1.29 is 0 Å². The van der Waals surface area contributed by atoms with E-state index in [2.05, 4.69) is 37.9 Å². The van der Waals surface area contributed by atoms with E-state index in [9.17, 15) is 0 Å². The van der Waals surface area contributed by atoms with Crippen molar-refractivity contribution in [3.05, 3.63) is 0 Å². The summed E-state index contributed by atoms with van der Waals surface area (Å²) in [6, 6.07) is 1.50. The van der Waals surface area contributed by atoms with Gasteiger partial charge in [-0.15, -0.1) is 0 Å². The molecule has 0 spiro atoms. The molecule has 3 atom stereocenters. The highest BCUT2D eigenvalue weighted by molar-refractivity contribution is 4.95. The van der Waals surface area contributed by atoms with Gasteiger partial charge in [-0.2, -0.15) is 0 Å². The third kappa shape index (κ3) is 3.48. The number of nitrogens with one attached hydrogen (secondary N) is 1. The summed E-state index contributed by atoms with van der Waals surface area (Å²) in [5.41, 5.74) is 0.539. The lowest BCUT2D eigenvalue weighted by Gasteiger charge is -2.48. The van der Waals surface area contributed by atoms with Crippen molar-refractivity contribution in [1.29, 1.82) is 0 Å². The molecule has 0 aromatic carbocycles. The number of hydrogen-bond acceptors (Lipinski definition) is 2. The van der Waals surface area contributed by atoms with Crippen LogP contribution in [0.15, 0.2) is 0 Å². The second-order valence-corrected chi connectivity index (χ2v) is 7.38. The monoisotopic (exact) mass is 252 g/mol. The highest BCUT2D eigenvalue weighted by Gasteiger charge is 2.38. The predicted octanol–water partition coefficient (Wildman–Crippen LogP) is 3.28. The molecule has 2 fully saturated rings.